The van der Waals surface area contributed by atoms with Gasteiger partial charge in [0.2, 0.25) is 0 Å². The quantitative estimate of drug-likeness (QED) is 0.532. The molecule has 30 heavy (non-hydrogen) atoms. The lowest BCUT2D eigenvalue weighted by Gasteiger charge is -2.06. The van der Waals surface area contributed by atoms with Crippen molar-refractivity contribution in [2.24, 2.45) is 0 Å². The summed E-state index contributed by atoms with van der Waals surface area (Å²) in [5, 5.41) is 10.2. The van der Waals surface area contributed by atoms with Crippen LogP contribution in [-0.4, -0.2) is 25.7 Å². The maximum absolute atomic E-state index is 14.3. The molecule has 1 aromatic carbocycles. The highest BCUT2D eigenvalue weighted by Gasteiger charge is 2.27. The second kappa shape index (κ2) is 7.79. The Hall–Kier alpha value is -3.39. The number of pyridine rings is 1. The van der Waals surface area contributed by atoms with Crippen LogP contribution >= 0.6 is 11.3 Å². The van der Waals surface area contributed by atoms with Crippen LogP contribution in [0, 0.1) is 5.82 Å². The number of amides is 1. The molecule has 0 fully saturated rings. The first kappa shape index (κ1) is 18.6. The Balaban J connectivity index is 1.36. The fraction of sp³-hybridized carbons (Fsp3) is 0.182. The molecule has 1 aliphatic carbocycles. The molecule has 4 aromatic rings. The molecule has 1 aliphatic rings. The summed E-state index contributed by atoms with van der Waals surface area (Å²) in [6.45, 7) is 0.315. The minimum absolute atomic E-state index is 0.260. The molecule has 0 unspecified atom stereocenters. The zero-order chi connectivity index (χ0) is 20.5. The maximum Gasteiger partial charge on any atom is 0.272 e. The summed E-state index contributed by atoms with van der Waals surface area (Å²) in [6, 6.07) is 10.3. The molecule has 1 amide bonds. The van der Waals surface area contributed by atoms with Gasteiger partial charge in [-0.3, -0.25) is 9.78 Å². The number of hydrogen-bond acceptors (Lipinski definition) is 5. The zero-order valence-corrected chi connectivity index (χ0v) is 16.8. The number of para-hydroxylation sites is 1. The minimum Gasteiger partial charge on any atom is -0.344 e. The van der Waals surface area contributed by atoms with E-state index < -0.39 is 0 Å². The second-order valence-corrected chi connectivity index (χ2v) is 7.98. The van der Waals surface area contributed by atoms with Gasteiger partial charge < -0.3 is 5.32 Å². The van der Waals surface area contributed by atoms with E-state index in [1.807, 2.05) is 17.5 Å². The number of fused-ring (bicyclic) bond motifs is 1. The van der Waals surface area contributed by atoms with E-state index in [1.165, 1.54) is 17.4 Å². The van der Waals surface area contributed by atoms with E-state index in [1.54, 1.807) is 35.3 Å². The van der Waals surface area contributed by atoms with E-state index in [2.05, 4.69) is 20.4 Å². The third-order valence-electron chi connectivity index (χ3n) is 5.15. The fourth-order valence-electron chi connectivity index (χ4n) is 3.73. The Kier molecular flexibility index (Phi) is 4.84. The van der Waals surface area contributed by atoms with Crippen molar-refractivity contribution in [3.63, 3.8) is 0 Å². The number of rotatable bonds is 5. The highest BCUT2D eigenvalue weighted by molar-refractivity contribution is 7.09. The molecule has 150 valence electrons. The predicted molar refractivity (Wildman–Crippen MR) is 112 cm³/mol. The third kappa shape index (κ3) is 3.39. The first-order valence-corrected chi connectivity index (χ1v) is 10.6. The van der Waals surface area contributed by atoms with E-state index >= 15 is 0 Å². The molecule has 3 aromatic heterocycles. The topological polar surface area (TPSA) is 72.7 Å². The molecule has 0 atom stereocenters. The van der Waals surface area contributed by atoms with Gasteiger partial charge in [-0.1, -0.05) is 12.1 Å². The molecule has 3 heterocycles. The van der Waals surface area contributed by atoms with Gasteiger partial charge in [0.05, 0.1) is 12.2 Å². The lowest BCUT2D eigenvalue weighted by atomic mass is 10.2. The second-order valence-electron chi connectivity index (χ2n) is 7.04. The first-order valence-electron chi connectivity index (χ1n) is 9.69. The number of aromatic nitrogens is 4. The van der Waals surface area contributed by atoms with Gasteiger partial charge in [0, 0.05) is 34.6 Å². The van der Waals surface area contributed by atoms with Crippen LogP contribution in [0.15, 0.2) is 54.2 Å². The van der Waals surface area contributed by atoms with Crippen LogP contribution in [0.25, 0.3) is 16.9 Å². The van der Waals surface area contributed by atoms with E-state index in [0.717, 1.165) is 46.8 Å². The average molecular weight is 419 g/mol. The largest absolute Gasteiger partial charge is 0.344 e. The normalized spacial score (nSPS) is 12.7. The highest BCUT2D eigenvalue weighted by Crippen LogP contribution is 2.29. The summed E-state index contributed by atoms with van der Waals surface area (Å²) < 4.78 is 15.9. The molecule has 0 bridgehead atoms. The molecule has 0 saturated carbocycles. The Morgan fingerprint density at radius 3 is 2.83 bits per heavy atom. The Morgan fingerprint density at radius 1 is 1.17 bits per heavy atom. The van der Waals surface area contributed by atoms with Crippen molar-refractivity contribution in [3.8, 4) is 16.9 Å². The predicted octanol–water partition coefficient (Wildman–Crippen LogP) is 3.95. The molecule has 6 nitrogen and oxygen atoms in total. The van der Waals surface area contributed by atoms with E-state index in [0.29, 0.717) is 17.9 Å². The number of thiazole rings is 1. The van der Waals surface area contributed by atoms with Crippen molar-refractivity contribution >= 4 is 17.2 Å². The van der Waals surface area contributed by atoms with Gasteiger partial charge in [-0.15, -0.1) is 11.3 Å². The number of nitrogens with one attached hydrogen (secondary N) is 1. The third-order valence-corrected chi connectivity index (χ3v) is 6.00. The lowest BCUT2D eigenvalue weighted by molar-refractivity contribution is 0.0944. The number of carbonyl (C=O) groups excluding carboxylic acids is 1. The van der Waals surface area contributed by atoms with Crippen LogP contribution < -0.4 is 5.32 Å². The van der Waals surface area contributed by atoms with Crippen LogP contribution in [0.5, 0.6) is 0 Å². The standard InChI is InChI=1S/C22H18FN5OS/c23-16-5-1-2-6-19(16)28-18-7-3-4-15(18)21(27-28)22(29)25-12-20-26-17(13-30-20)14-8-10-24-11-9-14/h1-2,5-6,8-11,13H,3-4,7,12H2,(H,25,29). The van der Waals surface area contributed by atoms with E-state index in [-0.39, 0.29) is 11.7 Å². The molecule has 0 radical (unpaired) electrons. The molecule has 5 rings (SSSR count). The number of benzene rings is 1. The zero-order valence-electron chi connectivity index (χ0n) is 16.0. The smallest absolute Gasteiger partial charge is 0.272 e. The summed E-state index contributed by atoms with van der Waals surface area (Å²) in [7, 11) is 0. The van der Waals surface area contributed by atoms with Crippen molar-refractivity contribution in [1.29, 1.82) is 0 Å². The monoisotopic (exact) mass is 419 g/mol. The van der Waals surface area contributed by atoms with Crippen LogP contribution in [0.3, 0.4) is 0 Å². The number of carbonyl (C=O) groups is 1. The van der Waals surface area contributed by atoms with Crippen LogP contribution in [0.2, 0.25) is 0 Å². The Labute approximate surface area is 176 Å². The van der Waals surface area contributed by atoms with Gasteiger partial charge >= 0.3 is 0 Å². The van der Waals surface area contributed by atoms with Crippen LogP contribution in [0.4, 0.5) is 4.39 Å². The van der Waals surface area contributed by atoms with Gasteiger partial charge in [0.15, 0.2) is 5.69 Å². The van der Waals surface area contributed by atoms with Gasteiger partial charge in [0.1, 0.15) is 16.5 Å². The molecule has 0 saturated heterocycles. The number of hydrogen-bond donors (Lipinski definition) is 1. The fourth-order valence-corrected chi connectivity index (χ4v) is 4.47. The van der Waals surface area contributed by atoms with E-state index in [4.69, 9.17) is 0 Å². The van der Waals surface area contributed by atoms with E-state index in [9.17, 15) is 9.18 Å². The molecule has 1 N–H and O–H groups in total. The highest BCUT2D eigenvalue weighted by atomic mass is 32.1. The minimum atomic E-state index is -0.354. The summed E-state index contributed by atoms with van der Waals surface area (Å²) in [5.74, 6) is -0.614. The van der Waals surface area contributed by atoms with Crippen LogP contribution in [0.1, 0.15) is 33.2 Å². The molecule has 0 aliphatic heterocycles. The molecule has 0 spiro atoms. The van der Waals surface area contributed by atoms with Crippen molar-refractivity contribution in [2.45, 2.75) is 25.8 Å². The summed E-state index contributed by atoms with van der Waals surface area (Å²) >= 11 is 1.49. The SMILES string of the molecule is O=C(NCc1nc(-c2ccncc2)cs1)c1nn(-c2ccccc2F)c2c1CCC2. The molecular weight excluding hydrogens is 401 g/mol. The summed E-state index contributed by atoms with van der Waals surface area (Å²) in [5.41, 5.74) is 4.41. The molecule has 8 heteroatoms. The Bertz CT molecular complexity index is 1220. The van der Waals surface area contributed by atoms with Crippen molar-refractivity contribution in [2.75, 3.05) is 0 Å². The first-order chi connectivity index (χ1) is 14.7. The summed E-state index contributed by atoms with van der Waals surface area (Å²) in [6.07, 6.45) is 5.94. The van der Waals surface area contributed by atoms with Crippen molar-refractivity contribution in [1.82, 2.24) is 25.1 Å². The van der Waals surface area contributed by atoms with Gasteiger partial charge in [-0.25, -0.2) is 14.1 Å². The maximum atomic E-state index is 14.3. The summed E-state index contributed by atoms with van der Waals surface area (Å²) in [4.78, 5) is 21.5. The van der Waals surface area contributed by atoms with Gasteiger partial charge in [-0.05, 0) is 43.5 Å². The lowest BCUT2D eigenvalue weighted by Crippen LogP contribution is -2.24. The van der Waals surface area contributed by atoms with Gasteiger partial charge in [0.25, 0.3) is 5.91 Å². The van der Waals surface area contributed by atoms with Crippen molar-refractivity contribution in [3.05, 3.63) is 81.9 Å². The number of halogens is 1. The van der Waals surface area contributed by atoms with Gasteiger partial charge in [-0.2, -0.15) is 5.10 Å². The van der Waals surface area contributed by atoms with Crippen molar-refractivity contribution < 1.29 is 9.18 Å². The Morgan fingerprint density at radius 2 is 2.00 bits per heavy atom. The number of nitrogens with zero attached hydrogens (tertiary/aromatic N) is 4. The van der Waals surface area contributed by atoms with Crippen LogP contribution in [-0.2, 0) is 19.4 Å². The molecular formula is C22H18FN5OS. The average Bonchev–Trinajstić information content (AvgIpc) is 3.50.